The highest BCUT2D eigenvalue weighted by Gasteiger charge is 2.27. The van der Waals surface area contributed by atoms with Crippen LogP contribution in [-0.4, -0.2) is 61.1 Å². The molecule has 1 aromatic heterocycles. The van der Waals surface area contributed by atoms with Crippen LogP contribution in [0.4, 0.5) is 11.5 Å². The number of halogens is 1. The number of amides is 1. The van der Waals surface area contributed by atoms with Crippen LogP contribution < -0.4 is 10.2 Å². The van der Waals surface area contributed by atoms with Crippen molar-refractivity contribution in [2.45, 2.75) is 38.8 Å². The molecule has 3 rings (SSSR count). The van der Waals surface area contributed by atoms with Gasteiger partial charge in [0.2, 0.25) is 0 Å². The molecule has 0 aliphatic carbocycles. The van der Waals surface area contributed by atoms with Crippen molar-refractivity contribution < 1.29 is 14.3 Å². The van der Waals surface area contributed by atoms with E-state index in [1.807, 2.05) is 7.05 Å². The van der Waals surface area contributed by atoms with Gasteiger partial charge in [-0.2, -0.15) is 0 Å². The number of rotatable bonds is 6. The second-order valence-corrected chi connectivity index (χ2v) is 8.45. The first-order valence-electron chi connectivity index (χ1n) is 10.4. The largest absolute Gasteiger partial charge is 0.465 e. The molecule has 0 spiro atoms. The second-order valence-electron chi connectivity index (χ2n) is 8.01. The van der Waals surface area contributed by atoms with Crippen LogP contribution in [0.5, 0.6) is 0 Å². The van der Waals surface area contributed by atoms with E-state index in [9.17, 15) is 9.59 Å². The quantitative estimate of drug-likeness (QED) is 0.676. The Morgan fingerprint density at radius 3 is 2.52 bits per heavy atom. The van der Waals surface area contributed by atoms with E-state index in [1.165, 1.54) is 13.3 Å². The number of methoxy groups -OCH3 is 1. The second kappa shape index (κ2) is 10.1. The summed E-state index contributed by atoms with van der Waals surface area (Å²) in [6, 6.07) is 9.09. The van der Waals surface area contributed by atoms with Gasteiger partial charge in [-0.3, -0.25) is 4.79 Å². The van der Waals surface area contributed by atoms with Gasteiger partial charge in [0, 0.05) is 38.4 Å². The molecule has 2 heterocycles. The number of aromatic nitrogens is 1. The summed E-state index contributed by atoms with van der Waals surface area (Å²) < 4.78 is 4.88. The number of nitrogens with one attached hydrogen (secondary N) is 1. The van der Waals surface area contributed by atoms with Crippen LogP contribution in [0.2, 0.25) is 5.02 Å². The van der Waals surface area contributed by atoms with Crippen molar-refractivity contribution in [3.8, 4) is 0 Å². The fraction of sp³-hybridized carbons (Fsp3) is 0.435. The molecule has 1 fully saturated rings. The highest BCUT2D eigenvalue weighted by atomic mass is 35.5. The van der Waals surface area contributed by atoms with Crippen LogP contribution in [0, 0.1) is 0 Å². The van der Waals surface area contributed by atoms with Crippen molar-refractivity contribution in [1.82, 2.24) is 9.88 Å². The van der Waals surface area contributed by atoms with Gasteiger partial charge in [-0.1, -0.05) is 11.6 Å². The van der Waals surface area contributed by atoms with E-state index >= 15 is 0 Å². The molecule has 1 aliphatic heterocycles. The van der Waals surface area contributed by atoms with Gasteiger partial charge in [-0.25, -0.2) is 9.78 Å². The summed E-state index contributed by atoms with van der Waals surface area (Å²) in [4.78, 5) is 33.9. The molecule has 31 heavy (non-hydrogen) atoms. The molecule has 0 bridgehead atoms. The lowest BCUT2D eigenvalue weighted by atomic mass is 9.99. The zero-order valence-corrected chi connectivity index (χ0v) is 19.1. The molecular weight excluding hydrogens is 416 g/mol. The van der Waals surface area contributed by atoms with Crippen LogP contribution in [0.15, 0.2) is 36.5 Å². The van der Waals surface area contributed by atoms with Gasteiger partial charge >= 0.3 is 5.97 Å². The van der Waals surface area contributed by atoms with E-state index in [-0.39, 0.29) is 11.9 Å². The van der Waals surface area contributed by atoms with Gasteiger partial charge in [0.15, 0.2) is 0 Å². The zero-order chi connectivity index (χ0) is 22.5. The maximum Gasteiger partial charge on any atom is 0.337 e. The van der Waals surface area contributed by atoms with Gasteiger partial charge < -0.3 is 19.9 Å². The Morgan fingerprint density at radius 2 is 1.94 bits per heavy atom. The standard InChI is InChI=1S/C23H29ClN4O3/c1-15(2)28-11-9-18(10-12-28)27(3)20-13-16(23(30)31-4)5-7-19(20)22(29)26-21-8-6-17(24)14-25-21/h5-8,13-15,18H,9-12H2,1-4H3,(H,25,26,29). The van der Waals surface area contributed by atoms with E-state index in [4.69, 9.17) is 16.3 Å². The van der Waals surface area contributed by atoms with Crippen LogP contribution >= 0.6 is 11.6 Å². The Morgan fingerprint density at radius 1 is 1.23 bits per heavy atom. The molecule has 0 saturated carbocycles. The summed E-state index contributed by atoms with van der Waals surface area (Å²) in [5.41, 5.74) is 1.57. The third kappa shape index (κ3) is 5.54. The van der Waals surface area contributed by atoms with Crippen molar-refractivity contribution in [3.05, 3.63) is 52.7 Å². The van der Waals surface area contributed by atoms with Crippen molar-refractivity contribution in [2.75, 3.05) is 37.5 Å². The van der Waals surface area contributed by atoms with Gasteiger partial charge in [-0.15, -0.1) is 0 Å². The van der Waals surface area contributed by atoms with Crippen molar-refractivity contribution in [1.29, 1.82) is 0 Å². The number of pyridine rings is 1. The number of ether oxygens (including phenoxy) is 1. The van der Waals surface area contributed by atoms with E-state index in [0.717, 1.165) is 25.9 Å². The zero-order valence-electron chi connectivity index (χ0n) is 18.4. The summed E-state index contributed by atoms with van der Waals surface area (Å²) in [5.74, 6) is -0.325. The third-order valence-electron chi connectivity index (χ3n) is 5.79. The predicted octanol–water partition coefficient (Wildman–Crippen LogP) is 4.08. The van der Waals surface area contributed by atoms with Crippen LogP contribution in [0.1, 0.15) is 47.4 Å². The number of esters is 1. The number of anilines is 2. The minimum absolute atomic E-state index is 0.267. The predicted molar refractivity (Wildman–Crippen MR) is 123 cm³/mol. The fourth-order valence-electron chi connectivity index (χ4n) is 3.88. The lowest BCUT2D eigenvalue weighted by Gasteiger charge is -2.40. The molecule has 1 aliphatic rings. The summed E-state index contributed by atoms with van der Waals surface area (Å²) in [7, 11) is 3.32. The normalized spacial score (nSPS) is 15.0. The molecule has 0 unspecified atom stereocenters. The highest BCUT2D eigenvalue weighted by Crippen LogP contribution is 2.28. The van der Waals surface area contributed by atoms with Crippen LogP contribution in [0.3, 0.4) is 0 Å². The molecule has 8 heteroatoms. The minimum atomic E-state index is -0.435. The molecule has 1 aromatic carbocycles. The highest BCUT2D eigenvalue weighted by molar-refractivity contribution is 6.30. The summed E-state index contributed by atoms with van der Waals surface area (Å²) in [6.45, 7) is 6.41. The molecule has 0 radical (unpaired) electrons. The summed E-state index contributed by atoms with van der Waals surface area (Å²) in [5, 5.41) is 3.30. The Bertz CT molecular complexity index is 925. The number of hydrogen-bond donors (Lipinski definition) is 1. The first-order valence-corrected chi connectivity index (χ1v) is 10.8. The Balaban J connectivity index is 1.87. The molecule has 2 aromatic rings. The van der Waals surface area contributed by atoms with Crippen LogP contribution in [-0.2, 0) is 4.74 Å². The Hall–Kier alpha value is -2.64. The van der Waals surface area contributed by atoms with Gasteiger partial charge in [0.25, 0.3) is 5.91 Å². The molecule has 1 N–H and O–H groups in total. The lowest BCUT2D eigenvalue weighted by molar-refractivity contribution is 0.0600. The van der Waals surface area contributed by atoms with Crippen molar-refractivity contribution in [3.63, 3.8) is 0 Å². The minimum Gasteiger partial charge on any atom is -0.465 e. The lowest BCUT2D eigenvalue weighted by Crippen LogP contribution is -2.46. The number of hydrogen-bond acceptors (Lipinski definition) is 6. The Labute approximate surface area is 188 Å². The van der Waals surface area contributed by atoms with Crippen molar-refractivity contribution >= 4 is 35.0 Å². The molecule has 166 valence electrons. The average Bonchev–Trinajstić information content (AvgIpc) is 2.79. The number of piperidine rings is 1. The SMILES string of the molecule is COC(=O)c1ccc(C(=O)Nc2ccc(Cl)cn2)c(N(C)C2CCN(C(C)C)CC2)c1. The molecular formula is C23H29ClN4O3. The molecule has 0 atom stereocenters. The fourth-order valence-corrected chi connectivity index (χ4v) is 3.99. The molecule has 1 saturated heterocycles. The first-order chi connectivity index (χ1) is 14.8. The maximum absolute atomic E-state index is 13.1. The van der Waals surface area contributed by atoms with E-state index in [1.54, 1.807) is 30.3 Å². The number of carbonyl (C=O) groups excluding carboxylic acids is 2. The number of carbonyl (C=O) groups is 2. The first kappa shape index (κ1) is 23.0. The van der Waals surface area contributed by atoms with E-state index in [0.29, 0.717) is 33.7 Å². The Kier molecular flexibility index (Phi) is 7.51. The summed E-state index contributed by atoms with van der Waals surface area (Å²) in [6.07, 6.45) is 3.45. The summed E-state index contributed by atoms with van der Waals surface area (Å²) >= 11 is 5.88. The van der Waals surface area contributed by atoms with E-state index in [2.05, 4.69) is 33.9 Å². The average molecular weight is 445 g/mol. The van der Waals surface area contributed by atoms with Gasteiger partial charge in [0.1, 0.15) is 5.82 Å². The molecule has 7 nitrogen and oxygen atoms in total. The monoisotopic (exact) mass is 444 g/mol. The number of benzene rings is 1. The molecule has 1 amide bonds. The smallest absolute Gasteiger partial charge is 0.337 e. The van der Waals surface area contributed by atoms with E-state index < -0.39 is 5.97 Å². The topological polar surface area (TPSA) is 74.8 Å². The van der Waals surface area contributed by atoms with Gasteiger partial charge in [-0.05, 0) is 57.0 Å². The van der Waals surface area contributed by atoms with Crippen molar-refractivity contribution in [2.24, 2.45) is 0 Å². The number of nitrogens with zero attached hydrogens (tertiary/aromatic N) is 3. The third-order valence-corrected chi connectivity index (χ3v) is 6.01. The van der Waals surface area contributed by atoms with Gasteiger partial charge in [0.05, 0.1) is 28.9 Å². The maximum atomic E-state index is 13.1. The number of likely N-dealkylation sites (tertiary alicyclic amines) is 1. The van der Waals surface area contributed by atoms with Crippen LogP contribution in [0.25, 0.3) is 0 Å².